The largest absolute Gasteiger partial charge is 0.420 e. The SMILES string of the molecule is FC(F)(F)c1cc(C2=CCNCC2)cn2c(Cl)cnc12. The zero-order valence-electron chi connectivity index (χ0n) is 10.3. The molecule has 106 valence electrons. The topological polar surface area (TPSA) is 29.3 Å². The van der Waals surface area contributed by atoms with E-state index in [0.717, 1.165) is 18.2 Å². The van der Waals surface area contributed by atoms with Crippen molar-refractivity contribution in [3.8, 4) is 0 Å². The number of fused-ring (bicyclic) bond motifs is 1. The summed E-state index contributed by atoms with van der Waals surface area (Å²) in [5.74, 6) is 0. The van der Waals surface area contributed by atoms with Crippen LogP contribution in [0.4, 0.5) is 13.2 Å². The summed E-state index contributed by atoms with van der Waals surface area (Å²) < 4.78 is 40.7. The number of nitrogens with zero attached hydrogens (tertiary/aromatic N) is 2. The third kappa shape index (κ3) is 2.29. The van der Waals surface area contributed by atoms with Gasteiger partial charge < -0.3 is 5.32 Å². The monoisotopic (exact) mass is 301 g/mol. The van der Waals surface area contributed by atoms with Crippen LogP contribution in [0.2, 0.25) is 5.15 Å². The first-order valence-corrected chi connectivity index (χ1v) is 6.48. The Hall–Kier alpha value is -1.53. The van der Waals surface area contributed by atoms with Crippen LogP contribution in [0.5, 0.6) is 0 Å². The molecular weight excluding hydrogens is 291 g/mol. The van der Waals surface area contributed by atoms with Crippen molar-refractivity contribution in [3.63, 3.8) is 0 Å². The summed E-state index contributed by atoms with van der Waals surface area (Å²) >= 11 is 5.91. The number of nitrogens with one attached hydrogen (secondary N) is 1. The van der Waals surface area contributed by atoms with E-state index in [9.17, 15) is 13.2 Å². The average Bonchev–Trinajstić information content (AvgIpc) is 2.79. The molecule has 2 aromatic rings. The number of rotatable bonds is 1. The molecule has 3 nitrogen and oxygen atoms in total. The highest BCUT2D eigenvalue weighted by atomic mass is 35.5. The summed E-state index contributed by atoms with van der Waals surface area (Å²) in [6, 6.07) is 1.15. The van der Waals surface area contributed by atoms with Gasteiger partial charge in [0.2, 0.25) is 0 Å². The summed E-state index contributed by atoms with van der Waals surface area (Å²) in [6.07, 6.45) is 0.966. The molecule has 0 saturated heterocycles. The fraction of sp³-hybridized carbons (Fsp3) is 0.308. The fourth-order valence-electron chi connectivity index (χ4n) is 2.33. The van der Waals surface area contributed by atoms with Crippen molar-refractivity contribution >= 4 is 22.8 Å². The molecule has 1 aliphatic heterocycles. The van der Waals surface area contributed by atoms with Gasteiger partial charge in [0.05, 0.1) is 11.8 Å². The maximum atomic E-state index is 13.1. The number of pyridine rings is 1. The van der Waals surface area contributed by atoms with Crippen molar-refractivity contribution in [1.29, 1.82) is 0 Å². The van der Waals surface area contributed by atoms with Crippen LogP contribution in [-0.4, -0.2) is 22.5 Å². The zero-order valence-corrected chi connectivity index (χ0v) is 11.1. The molecule has 20 heavy (non-hydrogen) atoms. The highest BCUT2D eigenvalue weighted by Crippen LogP contribution is 2.35. The molecule has 2 aromatic heterocycles. The third-order valence-corrected chi connectivity index (χ3v) is 3.58. The van der Waals surface area contributed by atoms with E-state index in [1.165, 1.54) is 10.6 Å². The predicted molar refractivity (Wildman–Crippen MR) is 70.7 cm³/mol. The van der Waals surface area contributed by atoms with Crippen molar-refractivity contribution < 1.29 is 13.2 Å². The van der Waals surface area contributed by atoms with Crippen molar-refractivity contribution in [2.75, 3.05) is 13.1 Å². The number of imidazole rings is 1. The van der Waals surface area contributed by atoms with Crippen molar-refractivity contribution in [2.24, 2.45) is 0 Å². The Bertz CT molecular complexity index is 688. The van der Waals surface area contributed by atoms with Gasteiger partial charge in [0.1, 0.15) is 10.8 Å². The van der Waals surface area contributed by atoms with Crippen LogP contribution < -0.4 is 5.32 Å². The zero-order chi connectivity index (χ0) is 14.3. The summed E-state index contributed by atoms with van der Waals surface area (Å²) in [4.78, 5) is 3.75. The van der Waals surface area contributed by atoms with Gasteiger partial charge >= 0.3 is 6.18 Å². The Morgan fingerprint density at radius 1 is 1.35 bits per heavy atom. The summed E-state index contributed by atoms with van der Waals surface area (Å²) in [6.45, 7) is 1.41. The van der Waals surface area contributed by atoms with Gasteiger partial charge in [0, 0.05) is 12.7 Å². The molecule has 1 N–H and O–H groups in total. The summed E-state index contributed by atoms with van der Waals surface area (Å²) in [7, 11) is 0. The maximum Gasteiger partial charge on any atom is 0.420 e. The molecule has 0 unspecified atom stereocenters. The van der Waals surface area contributed by atoms with E-state index < -0.39 is 11.7 Å². The van der Waals surface area contributed by atoms with Gasteiger partial charge in [-0.15, -0.1) is 0 Å². The molecule has 3 heterocycles. The number of hydrogen-bond donors (Lipinski definition) is 1. The Balaban J connectivity index is 2.24. The number of hydrogen-bond acceptors (Lipinski definition) is 2. The minimum absolute atomic E-state index is 0.166. The molecule has 0 bridgehead atoms. The van der Waals surface area contributed by atoms with Crippen molar-refractivity contribution in [1.82, 2.24) is 14.7 Å². The predicted octanol–water partition coefficient (Wildman–Crippen LogP) is 3.38. The quantitative estimate of drug-likeness (QED) is 0.875. The van der Waals surface area contributed by atoms with Crippen molar-refractivity contribution in [2.45, 2.75) is 12.6 Å². The number of halogens is 4. The van der Waals surface area contributed by atoms with Gasteiger partial charge in [-0.3, -0.25) is 4.40 Å². The van der Waals surface area contributed by atoms with Crippen LogP contribution in [0.3, 0.4) is 0 Å². The smallest absolute Gasteiger partial charge is 0.313 e. The van der Waals surface area contributed by atoms with E-state index in [-0.39, 0.29) is 10.8 Å². The van der Waals surface area contributed by atoms with Crippen LogP contribution in [0.1, 0.15) is 17.5 Å². The second-order valence-electron chi connectivity index (χ2n) is 4.60. The van der Waals surface area contributed by atoms with Crippen LogP contribution in [0.15, 0.2) is 24.5 Å². The second kappa shape index (κ2) is 4.79. The van der Waals surface area contributed by atoms with E-state index in [1.54, 1.807) is 6.20 Å². The molecule has 0 saturated carbocycles. The van der Waals surface area contributed by atoms with Gasteiger partial charge in [-0.1, -0.05) is 17.7 Å². The average molecular weight is 302 g/mol. The molecule has 7 heteroatoms. The van der Waals surface area contributed by atoms with E-state index in [2.05, 4.69) is 10.3 Å². The summed E-state index contributed by atoms with van der Waals surface area (Å²) in [5.41, 5.74) is 0.495. The Morgan fingerprint density at radius 3 is 2.80 bits per heavy atom. The minimum Gasteiger partial charge on any atom is -0.313 e. The Morgan fingerprint density at radius 2 is 2.15 bits per heavy atom. The van der Waals surface area contributed by atoms with Crippen molar-refractivity contribution in [3.05, 3.63) is 40.8 Å². The van der Waals surface area contributed by atoms with Crippen LogP contribution >= 0.6 is 11.6 Å². The maximum absolute atomic E-state index is 13.1. The first-order valence-electron chi connectivity index (χ1n) is 6.11. The molecule has 0 aliphatic carbocycles. The number of alkyl halides is 3. The molecule has 0 atom stereocenters. The molecule has 0 radical (unpaired) electrons. The molecule has 0 spiro atoms. The Labute approximate surface area is 118 Å². The fourth-order valence-corrected chi connectivity index (χ4v) is 2.51. The standard InChI is InChI=1S/C13H11ClF3N3/c14-11-6-19-12-10(13(15,16)17)5-9(7-20(11)12)8-1-3-18-4-2-8/h1,5-7,18H,2-4H2. The first-order chi connectivity index (χ1) is 9.47. The summed E-state index contributed by atoms with van der Waals surface area (Å²) in [5, 5.41) is 3.30. The molecule has 0 fully saturated rings. The number of aromatic nitrogens is 2. The molecular formula is C13H11ClF3N3. The lowest BCUT2D eigenvalue weighted by atomic mass is 10.0. The van der Waals surface area contributed by atoms with E-state index in [4.69, 9.17) is 11.6 Å². The van der Waals surface area contributed by atoms with Gasteiger partial charge in [0.25, 0.3) is 0 Å². The minimum atomic E-state index is -4.46. The van der Waals surface area contributed by atoms with Crippen LogP contribution in [-0.2, 0) is 6.18 Å². The second-order valence-corrected chi connectivity index (χ2v) is 4.99. The van der Waals surface area contributed by atoms with Gasteiger partial charge in [-0.05, 0) is 30.2 Å². The highest BCUT2D eigenvalue weighted by Gasteiger charge is 2.35. The lowest BCUT2D eigenvalue weighted by molar-refractivity contribution is -0.136. The van der Waals surface area contributed by atoms with Crippen LogP contribution in [0, 0.1) is 0 Å². The van der Waals surface area contributed by atoms with Gasteiger partial charge in [-0.25, -0.2) is 4.98 Å². The Kier molecular flexibility index (Phi) is 3.22. The van der Waals surface area contributed by atoms with Crippen LogP contribution in [0.25, 0.3) is 11.2 Å². The van der Waals surface area contributed by atoms with Gasteiger partial charge in [-0.2, -0.15) is 13.2 Å². The van der Waals surface area contributed by atoms with Gasteiger partial charge in [0.15, 0.2) is 0 Å². The third-order valence-electron chi connectivity index (χ3n) is 3.30. The lowest BCUT2D eigenvalue weighted by Gasteiger charge is -2.17. The normalized spacial score (nSPS) is 16.5. The molecule has 3 rings (SSSR count). The molecule has 1 aliphatic rings. The highest BCUT2D eigenvalue weighted by molar-refractivity contribution is 6.29. The van der Waals surface area contributed by atoms with E-state index in [0.29, 0.717) is 18.5 Å². The lowest BCUT2D eigenvalue weighted by Crippen LogP contribution is -2.20. The van der Waals surface area contributed by atoms with E-state index >= 15 is 0 Å². The molecule has 0 amide bonds. The first kappa shape index (κ1) is 13.5. The molecule has 0 aromatic carbocycles. The van der Waals surface area contributed by atoms with E-state index in [1.807, 2.05) is 6.08 Å².